The van der Waals surface area contributed by atoms with Gasteiger partial charge in [0.15, 0.2) is 0 Å². The predicted molar refractivity (Wildman–Crippen MR) is 91.6 cm³/mol. The Morgan fingerprint density at radius 2 is 2.00 bits per heavy atom. The number of hydrogen-bond donors (Lipinski definition) is 2. The molecule has 0 aliphatic heterocycles. The summed E-state index contributed by atoms with van der Waals surface area (Å²) in [6, 6.07) is 10.8. The van der Waals surface area contributed by atoms with Gasteiger partial charge in [-0.25, -0.2) is 9.07 Å². The van der Waals surface area contributed by atoms with Gasteiger partial charge in [-0.05, 0) is 41.8 Å². The van der Waals surface area contributed by atoms with Crippen LogP contribution in [0.25, 0.3) is 11.1 Å². The van der Waals surface area contributed by atoms with Gasteiger partial charge in [-0.2, -0.15) is 5.10 Å². The molecular formula is C18H17FN4O2. The molecule has 0 aliphatic carbocycles. The van der Waals surface area contributed by atoms with E-state index in [9.17, 15) is 14.0 Å². The molecule has 128 valence electrons. The zero-order chi connectivity index (χ0) is 17.6. The summed E-state index contributed by atoms with van der Waals surface area (Å²) in [6.07, 6.45) is 3.85. The van der Waals surface area contributed by atoms with Gasteiger partial charge in [0, 0.05) is 31.5 Å². The highest BCUT2D eigenvalue weighted by Gasteiger charge is 2.09. The van der Waals surface area contributed by atoms with Crippen LogP contribution < -0.4 is 10.9 Å². The fraction of sp³-hybridized carbons (Fsp3) is 0.167. The number of nitrogens with zero attached hydrogens (tertiary/aromatic N) is 2. The number of nitrogens with one attached hydrogen (secondary N) is 2. The minimum Gasteiger partial charge on any atom is -0.357 e. The van der Waals surface area contributed by atoms with Crippen molar-refractivity contribution in [1.29, 1.82) is 0 Å². The zero-order valence-electron chi connectivity index (χ0n) is 13.4. The van der Waals surface area contributed by atoms with Crippen molar-refractivity contribution >= 4 is 5.91 Å². The summed E-state index contributed by atoms with van der Waals surface area (Å²) in [7, 11) is 0. The normalized spacial score (nSPS) is 10.6. The van der Waals surface area contributed by atoms with E-state index < -0.39 is 0 Å². The molecule has 3 rings (SSSR count). The monoisotopic (exact) mass is 340 g/mol. The molecule has 2 heterocycles. The number of hydrogen-bond acceptors (Lipinski definition) is 3. The van der Waals surface area contributed by atoms with Crippen LogP contribution in [0.15, 0.2) is 59.7 Å². The first-order valence-electron chi connectivity index (χ1n) is 7.88. The van der Waals surface area contributed by atoms with Gasteiger partial charge in [0.1, 0.15) is 11.5 Å². The molecule has 0 fully saturated rings. The molecule has 0 radical (unpaired) electrons. The van der Waals surface area contributed by atoms with E-state index in [4.69, 9.17) is 0 Å². The first kappa shape index (κ1) is 16.6. The summed E-state index contributed by atoms with van der Waals surface area (Å²) in [6.45, 7) is 0.859. The van der Waals surface area contributed by atoms with Gasteiger partial charge < -0.3 is 10.3 Å². The molecule has 0 bridgehead atoms. The van der Waals surface area contributed by atoms with Crippen molar-refractivity contribution < 1.29 is 9.18 Å². The molecular weight excluding hydrogens is 323 g/mol. The number of aryl methyl sites for hydroxylation is 1. The molecule has 1 aromatic carbocycles. The standard InChI is InChI=1S/C18H17FN4O2/c19-15-6-4-13(5-7-15)14-11-16(21-12-14)18(25)20-8-2-10-23-17(24)3-1-9-22-23/h1,3-7,9,11-12,21H,2,8,10H2,(H,20,25). The third kappa shape index (κ3) is 4.20. The second-order valence-corrected chi connectivity index (χ2v) is 5.50. The van der Waals surface area contributed by atoms with Crippen molar-refractivity contribution in [2.75, 3.05) is 6.54 Å². The topological polar surface area (TPSA) is 79.8 Å². The number of halogens is 1. The molecule has 0 spiro atoms. The molecule has 0 unspecified atom stereocenters. The molecule has 1 amide bonds. The third-order valence-corrected chi connectivity index (χ3v) is 3.72. The van der Waals surface area contributed by atoms with Crippen LogP contribution in [-0.2, 0) is 6.54 Å². The van der Waals surface area contributed by atoms with E-state index in [0.717, 1.165) is 11.1 Å². The summed E-state index contributed by atoms with van der Waals surface area (Å²) < 4.78 is 14.3. The fourth-order valence-corrected chi connectivity index (χ4v) is 2.42. The minimum atomic E-state index is -0.302. The summed E-state index contributed by atoms with van der Waals surface area (Å²) in [5, 5.41) is 6.74. The van der Waals surface area contributed by atoms with E-state index in [1.165, 1.54) is 22.9 Å². The molecule has 7 heteroatoms. The quantitative estimate of drug-likeness (QED) is 0.675. The molecule has 0 atom stereocenters. The fourth-order valence-electron chi connectivity index (χ4n) is 2.42. The predicted octanol–water partition coefficient (Wildman–Crippen LogP) is 2.20. The number of amides is 1. The van der Waals surface area contributed by atoms with Gasteiger partial charge in [0.05, 0.1) is 0 Å². The van der Waals surface area contributed by atoms with Crippen molar-refractivity contribution in [3.05, 3.63) is 76.7 Å². The van der Waals surface area contributed by atoms with Crippen molar-refractivity contribution in [2.24, 2.45) is 0 Å². The van der Waals surface area contributed by atoms with Crippen molar-refractivity contribution in [3.63, 3.8) is 0 Å². The van der Waals surface area contributed by atoms with E-state index in [-0.39, 0.29) is 17.3 Å². The first-order chi connectivity index (χ1) is 12.1. The molecule has 0 saturated heterocycles. The van der Waals surface area contributed by atoms with Crippen molar-refractivity contribution in [2.45, 2.75) is 13.0 Å². The van der Waals surface area contributed by atoms with Crippen molar-refractivity contribution in [1.82, 2.24) is 20.1 Å². The molecule has 3 aromatic rings. The van der Waals surface area contributed by atoms with Gasteiger partial charge in [0.2, 0.25) is 0 Å². The Morgan fingerprint density at radius 1 is 1.20 bits per heavy atom. The average Bonchev–Trinajstić information content (AvgIpc) is 3.11. The minimum absolute atomic E-state index is 0.165. The van der Waals surface area contributed by atoms with E-state index in [1.54, 1.807) is 36.7 Å². The molecule has 0 saturated carbocycles. The summed E-state index contributed by atoms with van der Waals surface area (Å²) in [5.74, 6) is -0.536. The lowest BCUT2D eigenvalue weighted by molar-refractivity contribution is 0.0948. The Hall–Kier alpha value is -3.22. The van der Waals surface area contributed by atoms with Gasteiger partial charge in [-0.1, -0.05) is 12.1 Å². The second kappa shape index (κ2) is 7.57. The van der Waals surface area contributed by atoms with E-state index in [0.29, 0.717) is 25.2 Å². The third-order valence-electron chi connectivity index (χ3n) is 3.72. The van der Waals surface area contributed by atoms with Crippen LogP contribution in [0.5, 0.6) is 0 Å². The van der Waals surface area contributed by atoms with Crippen LogP contribution in [0, 0.1) is 5.82 Å². The molecule has 2 aromatic heterocycles. The van der Waals surface area contributed by atoms with Crippen LogP contribution in [-0.4, -0.2) is 27.2 Å². The maximum Gasteiger partial charge on any atom is 0.267 e. The van der Waals surface area contributed by atoms with Crippen LogP contribution in [0.4, 0.5) is 4.39 Å². The average molecular weight is 340 g/mol. The number of H-pyrrole nitrogens is 1. The number of carbonyl (C=O) groups excluding carboxylic acids is 1. The highest BCUT2D eigenvalue weighted by molar-refractivity contribution is 5.93. The van der Waals surface area contributed by atoms with Gasteiger partial charge >= 0.3 is 0 Å². The lowest BCUT2D eigenvalue weighted by atomic mass is 10.1. The summed E-state index contributed by atoms with van der Waals surface area (Å²) in [4.78, 5) is 26.6. The van der Waals surface area contributed by atoms with Crippen LogP contribution in [0.3, 0.4) is 0 Å². The first-order valence-corrected chi connectivity index (χ1v) is 7.88. The smallest absolute Gasteiger partial charge is 0.267 e. The Morgan fingerprint density at radius 3 is 2.76 bits per heavy atom. The molecule has 25 heavy (non-hydrogen) atoms. The number of carbonyl (C=O) groups is 1. The number of aromatic amines is 1. The number of benzene rings is 1. The highest BCUT2D eigenvalue weighted by atomic mass is 19.1. The van der Waals surface area contributed by atoms with E-state index in [2.05, 4.69) is 15.4 Å². The van der Waals surface area contributed by atoms with Crippen LogP contribution >= 0.6 is 0 Å². The maximum absolute atomic E-state index is 13.0. The van der Waals surface area contributed by atoms with Crippen LogP contribution in [0.2, 0.25) is 0 Å². The summed E-state index contributed by atoms with van der Waals surface area (Å²) in [5.41, 5.74) is 1.90. The molecule has 0 aliphatic rings. The lowest BCUT2D eigenvalue weighted by Crippen LogP contribution is -2.27. The Labute approximate surface area is 143 Å². The number of aromatic nitrogens is 3. The van der Waals surface area contributed by atoms with E-state index in [1.807, 2.05) is 0 Å². The Balaban J connectivity index is 1.53. The SMILES string of the molecule is O=C(NCCCn1ncccc1=O)c1cc(-c2ccc(F)cc2)c[nH]1. The molecule has 2 N–H and O–H groups in total. The van der Waals surface area contributed by atoms with Gasteiger partial charge in [-0.3, -0.25) is 9.59 Å². The van der Waals surface area contributed by atoms with E-state index >= 15 is 0 Å². The second-order valence-electron chi connectivity index (χ2n) is 5.50. The van der Waals surface area contributed by atoms with Gasteiger partial charge in [0.25, 0.3) is 11.5 Å². The largest absolute Gasteiger partial charge is 0.357 e. The highest BCUT2D eigenvalue weighted by Crippen LogP contribution is 2.20. The van der Waals surface area contributed by atoms with Crippen LogP contribution in [0.1, 0.15) is 16.9 Å². The zero-order valence-corrected chi connectivity index (χ0v) is 13.4. The summed E-state index contributed by atoms with van der Waals surface area (Å²) >= 11 is 0. The number of rotatable bonds is 6. The van der Waals surface area contributed by atoms with Gasteiger partial charge in [-0.15, -0.1) is 0 Å². The lowest BCUT2D eigenvalue weighted by Gasteiger charge is -2.05. The maximum atomic E-state index is 13.0. The Kier molecular flexibility index (Phi) is 5.03. The Bertz CT molecular complexity index is 915. The molecule has 6 nitrogen and oxygen atoms in total. The van der Waals surface area contributed by atoms with Crippen molar-refractivity contribution in [3.8, 4) is 11.1 Å².